The number of ether oxygens (including phenoxy) is 2. The number of para-hydroxylation sites is 1. The number of hydrogen-bond acceptors (Lipinski definition) is 5. The highest BCUT2D eigenvalue weighted by Gasteiger charge is 2.13. The first-order chi connectivity index (χ1) is 15.7. The molecule has 1 aliphatic rings. The minimum Gasteiger partial charge on any atom is -0.494 e. The maximum absolute atomic E-state index is 13.0. The quantitative estimate of drug-likeness (QED) is 0.589. The van der Waals surface area contributed by atoms with Crippen LogP contribution in [0, 0.1) is 0 Å². The van der Waals surface area contributed by atoms with Crippen LogP contribution in [0.15, 0.2) is 59.5 Å². The molecular weight excluding hydrogens is 406 g/mol. The van der Waals surface area contributed by atoms with E-state index in [9.17, 15) is 9.59 Å². The molecule has 7 heteroatoms. The Balaban J connectivity index is 1.49. The average molecular weight is 436 g/mol. The zero-order valence-corrected chi connectivity index (χ0v) is 18.4. The van der Waals surface area contributed by atoms with Gasteiger partial charge in [0.15, 0.2) is 0 Å². The average Bonchev–Trinajstić information content (AvgIpc) is 2.81. The van der Waals surface area contributed by atoms with Crippen molar-refractivity contribution in [3.05, 3.63) is 70.6 Å². The lowest BCUT2D eigenvalue weighted by Gasteiger charge is -2.26. The molecule has 1 aromatic heterocycles. The molecule has 4 rings (SSSR count). The molecule has 32 heavy (non-hydrogen) atoms. The summed E-state index contributed by atoms with van der Waals surface area (Å²) in [6, 6.07) is 14.9. The number of benzene rings is 2. The van der Waals surface area contributed by atoms with Gasteiger partial charge in [-0.1, -0.05) is 24.3 Å². The summed E-state index contributed by atoms with van der Waals surface area (Å²) in [5.74, 6) is 0.562. The number of amides is 1. The molecule has 0 bridgehead atoms. The standard InChI is InChI=1S/C25H29N3O4/c1-2-32-23-9-4-3-6-19(23)18-24(29)26-22-8-5-7-21-20(22)10-11-28(25(21)30)13-12-27-14-16-31-17-15-27/h3-11H,2,12-18H2,1H3,(H,26,29). The molecule has 1 aliphatic heterocycles. The predicted molar refractivity (Wildman–Crippen MR) is 125 cm³/mol. The molecule has 0 unspecified atom stereocenters. The van der Waals surface area contributed by atoms with Gasteiger partial charge < -0.3 is 19.4 Å². The lowest BCUT2D eigenvalue weighted by Crippen LogP contribution is -2.39. The van der Waals surface area contributed by atoms with Crippen molar-refractivity contribution in [1.29, 1.82) is 0 Å². The van der Waals surface area contributed by atoms with Gasteiger partial charge in [-0.05, 0) is 31.2 Å². The van der Waals surface area contributed by atoms with Crippen molar-refractivity contribution in [1.82, 2.24) is 9.47 Å². The van der Waals surface area contributed by atoms with Crippen LogP contribution in [0.2, 0.25) is 0 Å². The van der Waals surface area contributed by atoms with Crippen molar-refractivity contribution in [3.8, 4) is 5.75 Å². The summed E-state index contributed by atoms with van der Waals surface area (Å²) >= 11 is 0. The van der Waals surface area contributed by atoms with Gasteiger partial charge in [-0.15, -0.1) is 0 Å². The lowest BCUT2D eigenvalue weighted by molar-refractivity contribution is -0.115. The minimum atomic E-state index is -0.152. The van der Waals surface area contributed by atoms with Crippen LogP contribution in [-0.4, -0.2) is 54.8 Å². The van der Waals surface area contributed by atoms with Crippen LogP contribution in [0.25, 0.3) is 10.8 Å². The van der Waals surface area contributed by atoms with Crippen LogP contribution in [0.1, 0.15) is 12.5 Å². The highest BCUT2D eigenvalue weighted by atomic mass is 16.5. The third-order valence-electron chi connectivity index (χ3n) is 5.68. The Morgan fingerprint density at radius 2 is 1.84 bits per heavy atom. The van der Waals surface area contributed by atoms with Crippen molar-refractivity contribution in [2.45, 2.75) is 19.9 Å². The van der Waals surface area contributed by atoms with Crippen molar-refractivity contribution < 1.29 is 14.3 Å². The summed E-state index contributed by atoms with van der Waals surface area (Å²) in [5, 5.41) is 4.31. The summed E-state index contributed by atoms with van der Waals surface area (Å²) in [5.41, 5.74) is 1.42. The van der Waals surface area contributed by atoms with Crippen LogP contribution >= 0.6 is 0 Å². The molecule has 1 N–H and O–H groups in total. The Bertz CT molecular complexity index is 1140. The van der Waals surface area contributed by atoms with E-state index in [4.69, 9.17) is 9.47 Å². The third kappa shape index (κ3) is 5.18. The normalized spacial score (nSPS) is 14.4. The van der Waals surface area contributed by atoms with Crippen LogP contribution in [0.5, 0.6) is 5.75 Å². The number of aromatic nitrogens is 1. The van der Waals surface area contributed by atoms with Gasteiger partial charge in [0.2, 0.25) is 5.91 Å². The number of rotatable bonds is 8. The van der Waals surface area contributed by atoms with Gasteiger partial charge >= 0.3 is 0 Å². The maximum Gasteiger partial charge on any atom is 0.258 e. The van der Waals surface area contributed by atoms with Crippen LogP contribution < -0.4 is 15.6 Å². The second-order valence-electron chi connectivity index (χ2n) is 7.80. The zero-order valence-electron chi connectivity index (χ0n) is 18.4. The van der Waals surface area contributed by atoms with Crippen molar-refractivity contribution in [2.24, 2.45) is 0 Å². The topological polar surface area (TPSA) is 72.8 Å². The number of morpholine rings is 1. The van der Waals surface area contributed by atoms with E-state index in [2.05, 4.69) is 10.2 Å². The number of nitrogens with one attached hydrogen (secondary N) is 1. The van der Waals surface area contributed by atoms with E-state index in [0.717, 1.165) is 43.8 Å². The van der Waals surface area contributed by atoms with Gasteiger partial charge in [-0.3, -0.25) is 14.5 Å². The van der Waals surface area contributed by atoms with E-state index in [0.29, 0.717) is 30.0 Å². The summed E-state index contributed by atoms with van der Waals surface area (Å²) in [7, 11) is 0. The highest BCUT2D eigenvalue weighted by molar-refractivity contribution is 6.02. The summed E-state index contributed by atoms with van der Waals surface area (Å²) in [6.45, 7) is 7.16. The SMILES string of the molecule is CCOc1ccccc1CC(=O)Nc1cccc2c(=O)n(CCN3CCOCC3)ccc12. The van der Waals surface area contributed by atoms with Crippen molar-refractivity contribution >= 4 is 22.4 Å². The van der Waals surface area contributed by atoms with Gasteiger partial charge in [0.1, 0.15) is 5.75 Å². The fraction of sp³-hybridized carbons (Fsp3) is 0.360. The lowest BCUT2D eigenvalue weighted by atomic mass is 10.1. The molecule has 2 heterocycles. The molecule has 1 saturated heterocycles. The predicted octanol–water partition coefficient (Wildman–Crippen LogP) is 2.91. The molecule has 0 atom stereocenters. The van der Waals surface area contributed by atoms with Crippen LogP contribution in [0.4, 0.5) is 5.69 Å². The summed E-state index contributed by atoms with van der Waals surface area (Å²) in [4.78, 5) is 28.1. The molecule has 3 aromatic rings. The first-order valence-corrected chi connectivity index (χ1v) is 11.1. The minimum absolute atomic E-state index is 0.0476. The van der Waals surface area contributed by atoms with E-state index >= 15 is 0 Å². The summed E-state index contributed by atoms with van der Waals surface area (Å²) < 4.78 is 12.7. The molecule has 168 valence electrons. The number of pyridine rings is 1. The van der Waals surface area contributed by atoms with E-state index in [1.54, 1.807) is 10.6 Å². The monoisotopic (exact) mass is 435 g/mol. The van der Waals surface area contributed by atoms with Crippen molar-refractivity contribution in [2.75, 3.05) is 44.8 Å². The Morgan fingerprint density at radius 3 is 2.66 bits per heavy atom. The Kier molecular flexibility index (Phi) is 7.19. The van der Waals surface area contributed by atoms with Crippen LogP contribution in [0.3, 0.4) is 0 Å². The molecule has 7 nitrogen and oxygen atoms in total. The highest BCUT2D eigenvalue weighted by Crippen LogP contribution is 2.23. The molecule has 0 radical (unpaired) electrons. The van der Waals surface area contributed by atoms with Gasteiger partial charge in [0.25, 0.3) is 5.56 Å². The number of nitrogens with zero attached hydrogens (tertiary/aromatic N) is 2. The molecule has 0 aliphatic carbocycles. The molecule has 2 aromatic carbocycles. The van der Waals surface area contributed by atoms with Crippen LogP contribution in [-0.2, 0) is 22.5 Å². The fourth-order valence-corrected chi connectivity index (χ4v) is 3.99. The Morgan fingerprint density at radius 1 is 1.03 bits per heavy atom. The number of carbonyl (C=O) groups is 1. The second kappa shape index (κ2) is 10.4. The van der Waals surface area contributed by atoms with Gasteiger partial charge in [-0.2, -0.15) is 0 Å². The molecule has 1 amide bonds. The number of fused-ring (bicyclic) bond motifs is 1. The smallest absolute Gasteiger partial charge is 0.258 e. The Labute approximate surface area is 187 Å². The van der Waals surface area contributed by atoms with Gasteiger partial charge in [0.05, 0.1) is 26.2 Å². The molecular formula is C25H29N3O4. The van der Waals surface area contributed by atoms with E-state index < -0.39 is 0 Å². The number of anilines is 1. The second-order valence-corrected chi connectivity index (χ2v) is 7.80. The third-order valence-corrected chi connectivity index (χ3v) is 5.68. The maximum atomic E-state index is 13.0. The van der Waals surface area contributed by atoms with E-state index in [1.165, 1.54) is 0 Å². The molecule has 0 spiro atoms. The fourth-order valence-electron chi connectivity index (χ4n) is 3.99. The molecule has 1 fully saturated rings. The summed E-state index contributed by atoms with van der Waals surface area (Å²) in [6.07, 6.45) is 2.01. The number of hydrogen-bond donors (Lipinski definition) is 1. The van der Waals surface area contributed by atoms with E-state index in [1.807, 2.05) is 55.6 Å². The van der Waals surface area contributed by atoms with Gasteiger partial charge in [0, 0.05) is 54.4 Å². The molecule has 0 saturated carbocycles. The first kappa shape index (κ1) is 22.0. The largest absolute Gasteiger partial charge is 0.494 e. The van der Waals surface area contributed by atoms with E-state index in [-0.39, 0.29) is 17.9 Å². The van der Waals surface area contributed by atoms with Crippen molar-refractivity contribution in [3.63, 3.8) is 0 Å². The first-order valence-electron chi connectivity index (χ1n) is 11.1. The Hall–Kier alpha value is -3.16. The number of carbonyl (C=O) groups excluding carboxylic acids is 1. The van der Waals surface area contributed by atoms with Gasteiger partial charge in [-0.25, -0.2) is 0 Å². The zero-order chi connectivity index (χ0) is 22.3.